The van der Waals surface area contributed by atoms with Gasteiger partial charge in [0.05, 0.1) is 15.6 Å². The van der Waals surface area contributed by atoms with Gasteiger partial charge >= 0.3 is 0 Å². The molecule has 0 atom stereocenters. The lowest BCUT2D eigenvalue weighted by Crippen LogP contribution is -2.48. The highest BCUT2D eigenvalue weighted by Gasteiger charge is 2.24. The monoisotopic (exact) mass is 512 g/mol. The van der Waals surface area contributed by atoms with Crippen LogP contribution < -0.4 is 15.5 Å². The molecule has 1 aromatic heterocycles. The van der Waals surface area contributed by atoms with E-state index in [1.807, 2.05) is 60.5 Å². The number of thiophene rings is 1. The van der Waals surface area contributed by atoms with Crippen molar-refractivity contribution < 1.29 is 9.59 Å². The topological polar surface area (TPSA) is 64.7 Å². The van der Waals surface area contributed by atoms with Crippen LogP contribution in [0.15, 0.2) is 53.9 Å². The molecule has 2 N–H and O–H groups in total. The molecule has 9 heteroatoms. The van der Waals surface area contributed by atoms with Crippen LogP contribution in [-0.4, -0.2) is 48.0 Å². The van der Waals surface area contributed by atoms with Gasteiger partial charge in [0.25, 0.3) is 11.8 Å². The summed E-state index contributed by atoms with van der Waals surface area (Å²) in [5.41, 5.74) is 4.16. The van der Waals surface area contributed by atoms with E-state index in [0.29, 0.717) is 42.5 Å². The van der Waals surface area contributed by atoms with Crippen molar-refractivity contribution in [3.8, 4) is 0 Å². The number of rotatable bonds is 4. The normalized spacial score (nSPS) is 13.5. The quantitative estimate of drug-likeness (QED) is 0.476. The zero-order valence-electron chi connectivity index (χ0n) is 18.9. The van der Waals surface area contributed by atoms with Crippen molar-refractivity contribution in [3.05, 3.63) is 80.5 Å². The highest BCUT2D eigenvalue weighted by molar-refractivity contribution is 7.80. The van der Waals surface area contributed by atoms with E-state index in [0.717, 1.165) is 21.7 Å². The Kier molecular flexibility index (Phi) is 7.50. The van der Waals surface area contributed by atoms with Crippen LogP contribution in [0.4, 0.5) is 11.4 Å². The van der Waals surface area contributed by atoms with Crippen LogP contribution in [0, 0.1) is 13.8 Å². The highest BCUT2D eigenvalue weighted by atomic mass is 35.5. The SMILES string of the molecule is Cc1ccc(C(=O)NC(=S)Nc2ccc(N3CCN(C(=O)c4cccs4)CC3)c(Cl)c2)c(C)c1. The third kappa shape index (κ3) is 5.58. The Balaban J connectivity index is 1.33. The number of nitrogens with zero attached hydrogens (tertiary/aromatic N) is 2. The van der Waals surface area contributed by atoms with Crippen LogP contribution in [0.1, 0.15) is 31.2 Å². The van der Waals surface area contributed by atoms with E-state index in [4.69, 9.17) is 23.8 Å². The summed E-state index contributed by atoms with van der Waals surface area (Å²) in [6.07, 6.45) is 0. The van der Waals surface area contributed by atoms with Gasteiger partial charge in [-0.1, -0.05) is 35.4 Å². The van der Waals surface area contributed by atoms with Crippen molar-refractivity contribution in [2.24, 2.45) is 0 Å². The van der Waals surface area contributed by atoms with Gasteiger partial charge in [0.2, 0.25) is 0 Å². The van der Waals surface area contributed by atoms with E-state index >= 15 is 0 Å². The maximum atomic E-state index is 12.6. The highest BCUT2D eigenvalue weighted by Crippen LogP contribution is 2.30. The molecule has 176 valence electrons. The fourth-order valence-corrected chi connectivity index (χ4v) is 5.15. The molecule has 34 heavy (non-hydrogen) atoms. The Morgan fingerprint density at radius 1 is 1.03 bits per heavy atom. The molecular formula is C25H25ClN4O2S2. The number of amides is 2. The Morgan fingerprint density at radius 2 is 1.79 bits per heavy atom. The van der Waals surface area contributed by atoms with Crippen molar-refractivity contribution >= 4 is 63.5 Å². The molecule has 2 amide bonds. The number of piperazine rings is 1. The fraction of sp³-hybridized carbons (Fsp3) is 0.240. The maximum absolute atomic E-state index is 12.6. The summed E-state index contributed by atoms with van der Waals surface area (Å²) in [4.78, 5) is 29.9. The molecule has 3 aromatic rings. The second kappa shape index (κ2) is 10.5. The number of anilines is 2. The zero-order chi connectivity index (χ0) is 24.2. The Labute approximate surface area is 213 Å². The summed E-state index contributed by atoms with van der Waals surface area (Å²) in [6, 6.07) is 15.0. The molecule has 1 aliphatic heterocycles. The number of thiocarbonyl (C=S) groups is 1. The molecule has 1 saturated heterocycles. The Bertz CT molecular complexity index is 1220. The van der Waals surface area contributed by atoms with E-state index in [1.165, 1.54) is 11.3 Å². The molecular weight excluding hydrogens is 488 g/mol. The molecule has 1 aliphatic rings. The van der Waals surface area contributed by atoms with Gasteiger partial charge in [0.15, 0.2) is 5.11 Å². The minimum atomic E-state index is -0.257. The first-order valence-corrected chi connectivity index (χ1v) is 12.6. The Morgan fingerprint density at radius 3 is 2.44 bits per heavy atom. The predicted octanol–water partition coefficient (Wildman–Crippen LogP) is 5.11. The van der Waals surface area contributed by atoms with Gasteiger partial charge in [-0.05, 0) is 67.3 Å². The Hall–Kier alpha value is -2.94. The molecule has 0 aliphatic carbocycles. The third-order valence-corrected chi connectivity index (χ3v) is 7.06. The first-order valence-electron chi connectivity index (χ1n) is 10.9. The summed E-state index contributed by atoms with van der Waals surface area (Å²) < 4.78 is 0. The van der Waals surface area contributed by atoms with Gasteiger partial charge in [-0.25, -0.2) is 0 Å². The predicted molar refractivity (Wildman–Crippen MR) is 143 cm³/mol. The molecule has 0 radical (unpaired) electrons. The zero-order valence-corrected chi connectivity index (χ0v) is 21.3. The molecule has 0 spiro atoms. The molecule has 4 rings (SSSR count). The van der Waals surface area contributed by atoms with Gasteiger partial charge < -0.3 is 15.1 Å². The summed E-state index contributed by atoms with van der Waals surface area (Å²) in [6.45, 7) is 6.57. The number of hydrogen-bond donors (Lipinski definition) is 2. The summed E-state index contributed by atoms with van der Waals surface area (Å²) in [7, 11) is 0. The maximum Gasteiger partial charge on any atom is 0.264 e. The number of aryl methyl sites for hydroxylation is 2. The number of halogens is 1. The largest absolute Gasteiger partial charge is 0.367 e. The first-order chi connectivity index (χ1) is 16.3. The van der Waals surface area contributed by atoms with E-state index in [-0.39, 0.29) is 16.9 Å². The van der Waals surface area contributed by atoms with Crippen molar-refractivity contribution in [2.45, 2.75) is 13.8 Å². The fourth-order valence-electron chi connectivity index (χ4n) is 3.95. The lowest BCUT2D eigenvalue weighted by atomic mass is 10.1. The van der Waals surface area contributed by atoms with Crippen LogP contribution in [0.2, 0.25) is 5.02 Å². The van der Waals surface area contributed by atoms with Crippen molar-refractivity contribution in [1.82, 2.24) is 10.2 Å². The second-order valence-corrected chi connectivity index (χ2v) is 9.91. The van der Waals surface area contributed by atoms with E-state index in [1.54, 1.807) is 12.1 Å². The van der Waals surface area contributed by atoms with Crippen LogP contribution in [0.3, 0.4) is 0 Å². The molecule has 0 unspecified atom stereocenters. The summed E-state index contributed by atoms with van der Waals surface area (Å²) in [5, 5.41) is 8.44. The molecule has 1 fully saturated rings. The number of carbonyl (C=O) groups is 2. The number of carbonyl (C=O) groups excluding carboxylic acids is 2. The number of benzene rings is 2. The van der Waals surface area contributed by atoms with Crippen LogP contribution in [-0.2, 0) is 0 Å². The minimum absolute atomic E-state index is 0.0803. The molecule has 0 bridgehead atoms. The van der Waals surface area contributed by atoms with Crippen molar-refractivity contribution in [2.75, 3.05) is 36.4 Å². The second-order valence-electron chi connectivity index (χ2n) is 8.15. The lowest BCUT2D eigenvalue weighted by molar-refractivity contribution is 0.0751. The van der Waals surface area contributed by atoms with Gasteiger partial charge in [-0.15, -0.1) is 11.3 Å². The van der Waals surface area contributed by atoms with Gasteiger partial charge in [-0.3, -0.25) is 14.9 Å². The van der Waals surface area contributed by atoms with Gasteiger partial charge in [0.1, 0.15) is 0 Å². The first kappa shape index (κ1) is 24.2. The van der Waals surface area contributed by atoms with E-state index < -0.39 is 0 Å². The number of nitrogens with one attached hydrogen (secondary N) is 2. The van der Waals surface area contributed by atoms with Crippen molar-refractivity contribution in [3.63, 3.8) is 0 Å². The van der Waals surface area contributed by atoms with Crippen LogP contribution in [0.5, 0.6) is 0 Å². The lowest BCUT2D eigenvalue weighted by Gasteiger charge is -2.36. The van der Waals surface area contributed by atoms with Gasteiger partial charge in [-0.2, -0.15) is 0 Å². The standard InChI is InChI=1S/C25H25ClN4O2S2/c1-16-5-7-19(17(2)14-16)23(31)28-25(33)27-18-6-8-21(20(26)15-18)29-9-11-30(12-10-29)24(32)22-4-3-13-34-22/h3-8,13-15H,9-12H2,1-2H3,(H2,27,28,31,33). The van der Waals surface area contributed by atoms with Crippen LogP contribution >= 0.6 is 35.2 Å². The molecule has 0 saturated carbocycles. The average Bonchev–Trinajstić information content (AvgIpc) is 3.34. The summed E-state index contributed by atoms with van der Waals surface area (Å²) in [5.74, 6) is -0.177. The molecule has 2 heterocycles. The van der Waals surface area contributed by atoms with E-state index in [2.05, 4.69) is 15.5 Å². The third-order valence-electron chi connectivity index (χ3n) is 5.70. The summed E-state index contributed by atoms with van der Waals surface area (Å²) >= 11 is 13.4. The van der Waals surface area contributed by atoms with Crippen LogP contribution in [0.25, 0.3) is 0 Å². The molecule has 6 nitrogen and oxygen atoms in total. The minimum Gasteiger partial charge on any atom is -0.367 e. The van der Waals surface area contributed by atoms with E-state index in [9.17, 15) is 9.59 Å². The molecule has 2 aromatic carbocycles. The smallest absolute Gasteiger partial charge is 0.264 e. The average molecular weight is 513 g/mol. The van der Waals surface area contributed by atoms with Gasteiger partial charge in [0, 0.05) is 37.4 Å². The number of hydrogen-bond acceptors (Lipinski definition) is 5. The van der Waals surface area contributed by atoms with Crippen molar-refractivity contribution in [1.29, 1.82) is 0 Å².